The Morgan fingerprint density at radius 2 is 1.96 bits per heavy atom. The van der Waals surface area contributed by atoms with Gasteiger partial charge in [0.25, 0.3) is 0 Å². The first-order valence-electron chi connectivity index (χ1n) is 8.66. The predicted octanol–water partition coefficient (Wildman–Crippen LogP) is 4.39. The molecular formula is C20H23N3O3S. The van der Waals surface area contributed by atoms with Crippen molar-refractivity contribution in [3.63, 3.8) is 0 Å². The average Bonchev–Trinajstić information content (AvgIpc) is 3.26. The van der Waals surface area contributed by atoms with E-state index in [1.54, 1.807) is 23.5 Å². The van der Waals surface area contributed by atoms with E-state index in [1.165, 1.54) is 7.11 Å². The molecule has 0 aliphatic heterocycles. The first kappa shape index (κ1) is 19.3. The Hall–Kier alpha value is -2.51. The van der Waals surface area contributed by atoms with Gasteiger partial charge in [0.1, 0.15) is 10.8 Å². The van der Waals surface area contributed by atoms with Crippen LogP contribution in [0.2, 0.25) is 0 Å². The number of hydrogen-bond donors (Lipinski definition) is 0. The Bertz CT molecular complexity index is 930. The molecule has 0 bridgehead atoms. The van der Waals surface area contributed by atoms with Crippen molar-refractivity contribution < 1.29 is 13.9 Å². The van der Waals surface area contributed by atoms with Crippen molar-refractivity contribution in [3.8, 4) is 11.5 Å². The highest BCUT2D eigenvalue weighted by Crippen LogP contribution is 2.27. The molecule has 0 saturated heterocycles. The molecule has 0 amide bonds. The van der Waals surface area contributed by atoms with Crippen LogP contribution in [0.5, 0.6) is 0 Å². The minimum atomic E-state index is -0.362. The van der Waals surface area contributed by atoms with Gasteiger partial charge in [-0.25, -0.2) is 14.8 Å². The van der Waals surface area contributed by atoms with Gasteiger partial charge in [0, 0.05) is 23.2 Å². The summed E-state index contributed by atoms with van der Waals surface area (Å²) in [6, 6.07) is 7.24. The molecule has 0 aliphatic carbocycles. The van der Waals surface area contributed by atoms with Crippen LogP contribution in [0.15, 0.2) is 34.1 Å². The van der Waals surface area contributed by atoms with Crippen molar-refractivity contribution in [1.29, 1.82) is 0 Å². The summed E-state index contributed by atoms with van der Waals surface area (Å²) in [4.78, 5) is 23.0. The fraction of sp³-hybridized carbons (Fsp3) is 0.350. The molecule has 1 atom stereocenters. The topological polar surface area (TPSA) is 68.5 Å². The number of ether oxygens (including phenoxy) is 1. The number of thiazole rings is 1. The Balaban J connectivity index is 1.75. The van der Waals surface area contributed by atoms with Crippen LogP contribution < -0.4 is 0 Å². The summed E-state index contributed by atoms with van der Waals surface area (Å²) in [5.74, 6) is 0.973. The second-order valence-electron chi connectivity index (χ2n) is 6.51. The molecule has 27 heavy (non-hydrogen) atoms. The van der Waals surface area contributed by atoms with Crippen LogP contribution in [-0.4, -0.2) is 35.0 Å². The zero-order chi connectivity index (χ0) is 19.6. The molecule has 1 aromatic carbocycles. The number of methoxy groups -OCH3 is 1. The molecule has 0 fully saturated rings. The van der Waals surface area contributed by atoms with E-state index in [0.29, 0.717) is 18.0 Å². The van der Waals surface area contributed by atoms with Crippen LogP contribution in [0.1, 0.15) is 45.5 Å². The van der Waals surface area contributed by atoms with E-state index in [0.717, 1.165) is 27.7 Å². The molecule has 3 rings (SSSR count). The predicted molar refractivity (Wildman–Crippen MR) is 105 cm³/mol. The van der Waals surface area contributed by atoms with E-state index in [4.69, 9.17) is 9.15 Å². The van der Waals surface area contributed by atoms with Crippen LogP contribution in [-0.2, 0) is 11.3 Å². The number of aromatic nitrogens is 2. The van der Waals surface area contributed by atoms with Crippen LogP contribution in [0, 0.1) is 13.8 Å². The first-order chi connectivity index (χ1) is 12.9. The van der Waals surface area contributed by atoms with Gasteiger partial charge in [0.2, 0.25) is 5.89 Å². The average molecular weight is 385 g/mol. The normalized spacial score (nSPS) is 12.4. The van der Waals surface area contributed by atoms with Gasteiger partial charge in [-0.05, 0) is 52.1 Å². The summed E-state index contributed by atoms with van der Waals surface area (Å²) in [5, 5.41) is 3.16. The lowest BCUT2D eigenvalue weighted by atomic mass is 10.1. The molecule has 7 heteroatoms. The van der Waals surface area contributed by atoms with Crippen LogP contribution in [0.3, 0.4) is 0 Å². The van der Waals surface area contributed by atoms with Crippen molar-refractivity contribution in [2.24, 2.45) is 0 Å². The van der Waals surface area contributed by atoms with Crippen molar-refractivity contribution in [2.75, 3.05) is 14.2 Å². The maximum atomic E-state index is 11.6. The maximum Gasteiger partial charge on any atom is 0.337 e. The number of hydrogen-bond acceptors (Lipinski definition) is 7. The summed E-state index contributed by atoms with van der Waals surface area (Å²) in [7, 11) is 3.42. The number of benzene rings is 1. The number of oxazole rings is 1. The molecule has 142 valence electrons. The highest BCUT2D eigenvalue weighted by Gasteiger charge is 2.19. The monoisotopic (exact) mass is 385 g/mol. The van der Waals surface area contributed by atoms with E-state index in [-0.39, 0.29) is 12.0 Å². The van der Waals surface area contributed by atoms with E-state index in [2.05, 4.69) is 34.2 Å². The highest BCUT2D eigenvalue weighted by atomic mass is 32.1. The van der Waals surface area contributed by atoms with Gasteiger partial charge in [-0.1, -0.05) is 0 Å². The zero-order valence-corrected chi connectivity index (χ0v) is 17.0. The molecule has 0 radical (unpaired) electrons. The number of carbonyl (C=O) groups excluding carboxylic acids is 1. The third-order valence-corrected chi connectivity index (χ3v) is 5.63. The molecule has 0 saturated carbocycles. The lowest BCUT2D eigenvalue weighted by molar-refractivity contribution is 0.0600. The van der Waals surface area contributed by atoms with Crippen molar-refractivity contribution in [1.82, 2.24) is 14.9 Å². The molecule has 0 N–H and O–H groups in total. The standard InChI is InChI=1S/C20H23N3O3S/c1-12-11-27-19(21-12)13(2)23(4)10-17-14(3)26-18(22-17)15-6-8-16(9-7-15)20(24)25-5/h6-9,11,13H,10H2,1-5H3. The van der Waals surface area contributed by atoms with Crippen molar-refractivity contribution >= 4 is 17.3 Å². The summed E-state index contributed by atoms with van der Waals surface area (Å²) in [6.45, 7) is 6.72. The van der Waals surface area contributed by atoms with E-state index >= 15 is 0 Å². The highest BCUT2D eigenvalue weighted by molar-refractivity contribution is 7.09. The van der Waals surface area contributed by atoms with Crippen LogP contribution in [0.25, 0.3) is 11.5 Å². The van der Waals surface area contributed by atoms with Gasteiger partial charge in [-0.15, -0.1) is 11.3 Å². The van der Waals surface area contributed by atoms with Gasteiger partial charge < -0.3 is 9.15 Å². The summed E-state index contributed by atoms with van der Waals surface area (Å²) in [6.07, 6.45) is 0. The van der Waals surface area contributed by atoms with Gasteiger partial charge in [-0.2, -0.15) is 0 Å². The maximum absolute atomic E-state index is 11.6. The Kier molecular flexibility index (Phi) is 5.72. The van der Waals surface area contributed by atoms with E-state index in [9.17, 15) is 4.79 Å². The number of esters is 1. The lowest BCUT2D eigenvalue weighted by Gasteiger charge is -2.21. The minimum absolute atomic E-state index is 0.197. The zero-order valence-electron chi connectivity index (χ0n) is 16.1. The van der Waals surface area contributed by atoms with E-state index < -0.39 is 0 Å². The molecule has 6 nitrogen and oxygen atoms in total. The van der Waals surface area contributed by atoms with Crippen molar-refractivity contribution in [3.05, 3.63) is 57.4 Å². The Labute approximate surface area is 162 Å². The summed E-state index contributed by atoms with van der Waals surface area (Å²) >= 11 is 1.67. The third-order valence-electron chi connectivity index (χ3n) is 4.50. The quantitative estimate of drug-likeness (QED) is 0.586. The second kappa shape index (κ2) is 8.02. The number of rotatable bonds is 6. The molecule has 3 aromatic rings. The fourth-order valence-corrected chi connectivity index (χ4v) is 3.61. The van der Waals surface area contributed by atoms with Gasteiger partial charge in [0.05, 0.1) is 24.4 Å². The van der Waals surface area contributed by atoms with Crippen molar-refractivity contribution in [2.45, 2.75) is 33.4 Å². The molecule has 1 unspecified atom stereocenters. The van der Waals surface area contributed by atoms with Gasteiger partial charge in [-0.3, -0.25) is 4.90 Å². The SMILES string of the molecule is COC(=O)c1ccc(-c2nc(CN(C)C(C)c3nc(C)cs3)c(C)o2)cc1. The minimum Gasteiger partial charge on any atom is -0.465 e. The molecule has 0 aliphatic rings. The smallest absolute Gasteiger partial charge is 0.337 e. The molecule has 0 spiro atoms. The first-order valence-corrected chi connectivity index (χ1v) is 9.54. The van der Waals surface area contributed by atoms with Gasteiger partial charge in [0.15, 0.2) is 0 Å². The number of carbonyl (C=O) groups is 1. The molecule has 2 aromatic heterocycles. The summed E-state index contributed by atoms with van der Waals surface area (Å²) in [5.41, 5.74) is 3.26. The van der Waals surface area contributed by atoms with Crippen LogP contribution >= 0.6 is 11.3 Å². The molecular weight excluding hydrogens is 362 g/mol. The van der Waals surface area contributed by atoms with Crippen LogP contribution in [0.4, 0.5) is 0 Å². The summed E-state index contributed by atoms with van der Waals surface area (Å²) < 4.78 is 10.6. The lowest BCUT2D eigenvalue weighted by Crippen LogP contribution is -2.22. The third kappa shape index (κ3) is 4.26. The van der Waals surface area contributed by atoms with Gasteiger partial charge >= 0.3 is 5.97 Å². The Morgan fingerprint density at radius 1 is 1.26 bits per heavy atom. The van der Waals surface area contributed by atoms with E-state index in [1.807, 2.05) is 26.0 Å². The molecule has 2 heterocycles. The Morgan fingerprint density at radius 3 is 2.56 bits per heavy atom. The fourth-order valence-electron chi connectivity index (χ4n) is 2.69. The number of nitrogens with zero attached hydrogens (tertiary/aromatic N) is 3. The second-order valence-corrected chi connectivity index (χ2v) is 7.40. The largest absolute Gasteiger partial charge is 0.465 e. The number of aryl methyl sites for hydroxylation is 2.